The van der Waals surface area contributed by atoms with Crippen LogP contribution in [0.4, 0.5) is 10.3 Å². The van der Waals surface area contributed by atoms with Crippen molar-refractivity contribution < 1.29 is 8.91 Å². The maximum absolute atomic E-state index is 14.1. The molecule has 4 heteroatoms. The SMILES string of the molecule is Nc1onc(C2CCCCCCC2)c1-c1ccccc1F. The third kappa shape index (κ3) is 2.94. The number of rotatable bonds is 2. The first-order chi connectivity index (χ1) is 10.3. The Bertz CT molecular complexity index is 601. The Morgan fingerprint density at radius 3 is 2.43 bits per heavy atom. The number of nitrogen functional groups attached to an aromatic ring is 1. The summed E-state index contributed by atoms with van der Waals surface area (Å²) in [7, 11) is 0. The van der Waals surface area contributed by atoms with E-state index >= 15 is 0 Å². The molecule has 1 aliphatic carbocycles. The molecule has 0 radical (unpaired) electrons. The fourth-order valence-corrected chi connectivity index (χ4v) is 3.26. The number of nitrogens with two attached hydrogens (primary N) is 1. The molecule has 21 heavy (non-hydrogen) atoms. The molecule has 1 heterocycles. The van der Waals surface area contributed by atoms with Gasteiger partial charge in [-0.25, -0.2) is 4.39 Å². The van der Waals surface area contributed by atoms with Gasteiger partial charge in [0, 0.05) is 11.5 Å². The second-order valence-electron chi connectivity index (χ2n) is 5.83. The standard InChI is InChI=1S/C17H21FN2O/c18-14-11-7-6-10-13(14)15-16(20-21-17(15)19)12-8-4-2-1-3-5-9-12/h6-7,10-12H,1-5,8-9,19H2. The fraction of sp³-hybridized carbons (Fsp3) is 0.471. The van der Waals surface area contributed by atoms with Crippen LogP contribution in [-0.2, 0) is 0 Å². The van der Waals surface area contributed by atoms with E-state index in [4.69, 9.17) is 10.3 Å². The van der Waals surface area contributed by atoms with Gasteiger partial charge in [0.15, 0.2) is 0 Å². The van der Waals surface area contributed by atoms with Crippen LogP contribution in [0.15, 0.2) is 28.8 Å². The molecule has 0 aliphatic heterocycles. The molecule has 112 valence electrons. The van der Waals surface area contributed by atoms with E-state index in [0.29, 0.717) is 17.0 Å². The fourth-order valence-electron chi connectivity index (χ4n) is 3.26. The predicted molar refractivity (Wildman–Crippen MR) is 81.4 cm³/mol. The summed E-state index contributed by atoms with van der Waals surface area (Å²) in [5.74, 6) is 0.262. The highest BCUT2D eigenvalue weighted by atomic mass is 19.1. The zero-order valence-electron chi connectivity index (χ0n) is 12.1. The van der Waals surface area contributed by atoms with Crippen molar-refractivity contribution in [1.29, 1.82) is 0 Å². The highest BCUT2D eigenvalue weighted by molar-refractivity contribution is 5.76. The van der Waals surface area contributed by atoms with Crippen LogP contribution in [0.1, 0.15) is 56.6 Å². The average molecular weight is 288 g/mol. The van der Waals surface area contributed by atoms with Gasteiger partial charge in [0.05, 0.1) is 11.3 Å². The van der Waals surface area contributed by atoms with Gasteiger partial charge in [-0.1, -0.05) is 55.5 Å². The zero-order valence-corrected chi connectivity index (χ0v) is 12.1. The molecule has 0 amide bonds. The second kappa shape index (κ2) is 6.29. The van der Waals surface area contributed by atoms with Crippen LogP contribution in [0.5, 0.6) is 0 Å². The lowest BCUT2D eigenvalue weighted by Crippen LogP contribution is -2.05. The van der Waals surface area contributed by atoms with Gasteiger partial charge in [-0.05, 0) is 18.9 Å². The molecule has 0 atom stereocenters. The second-order valence-corrected chi connectivity index (χ2v) is 5.83. The van der Waals surface area contributed by atoms with E-state index in [9.17, 15) is 4.39 Å². The molecule has 3 nitrogen and oxygen atoms in total. The molecule has 1 aromatic carbocycles. The summed E-state index contributed by atoms with van der Waals surface area (Å²) in [5.41, 5.74) is 7.90. The van der Waals surface area contributed by atoms with Crippen LogP contribution in [0.25, 0.3) is 11.1 Å². The minimum absolute atomic E-state index is 0.220. The molecule has 1 aliphatic rings. The maximum Gasteiger partial charge on any atom is 0.230 e. The first-order valence-electron chi connectivity index (χ1n) is 7.77. The lowest BCUT2D eigenvalue weighted by atomic mass is 9.86. The first kappa shape index (κ1) is 14.1. The number of anilines is 1. The van der Waals surface area contributed by atoms with Gasteiger partial charge in [0.1, 0.15) is 5.82 Å². The Hall–Kier alpha value is -1.84. The highest BCUT2D eigenvalue weighted by Gasteiger charge is 2.25. The monoisotopic (exact) mass is 288 g/mol. The number of aromatic nitrogens is 1. The van der Waals surface area contributed by atoms with Gasteiger partial charge in [0.2, 0.25) is 5.88 Å². The summed E-state index contributed by atoms with van der Waals surface area (Å²) >= 11 is 0. The summed E-state index contributed by atoms with van der Waals surface area (Å²) in [4.78, 5) is 0. The molecule has 2 N–H and O–H groups in total. The Balaban J connectivity index is 1.98. The Morgan fingerprint density at radius 1 is 1.05 bits per heavy atom. The summed E-state index contributed by atoms with van der Waals surface area (Å²) in [5, 5.41) is 4.16. The third-order valence-electron chi connectivity index (χ3n) is 4.38. The number of halogens is 1. The van der Waals surface area contributed by atoms with Crippen molar-refractivity contribution in [2.24, 2.45) is 0 Å². The van der Waals surface area contributed by atoms with Crippen molar-refractivity contribution in [3.8, 4) is 11.1 Å². The van der Waals surface area contributed by atoms with E-state index in [1.165, 1.54) is 38.2 Å². The summed E-state index contributed by atoms with van der Waals surface area (Å²) in [6.45, 7) is 0. The molecule has 1 saturated carbocycles. The predicted octanol–water partition coefficient (Wildman–Crippen LogP) is 4.89. The Morgan fingerprint density at radius 2 is 1.71 bits per heavy atom. The van der Waals surface area contributed by atoms with Crippen molar-refractivity contribution >= 4 is 5.88 Å². The largest absolute Gasteiger partial charge is 0.367 e. The molecular weight excluding hydrogens is 267 g/mol. The molecule has 1 fully saturated rings. The van der Waals surface area contributed by atoms with Gasteiger partial charge in [-0.15, -0.1) is 0 Å². The molecule has 1 aromatic heterocycles. The summed E-state index contributed by atoms with van der Waals surface area (Å²) in [6.07, 6.45) is 8.37. The highest BCUT2D eigenvalue weighted by Crippen LogP contribution is 2.39. The quantitative estimate of drug-likeness (QED) is 0.855. The van der Waals surface area contributed by atoms with Crippen LogP contribution in [-0.4, -0.2) is 5.16 Å². The van der Waals surface area contributed by atoms with Gasteiger partial charge in [-0.2, -0.15) is 0 Å². The van der Waals surface area contributed by atoms with Gasteiger partial charge < -0.3 is 10.3 Å². The number of nitrogens with zero attached hydrogens (tertiary/aromatic N) is 1. The van der Waals surface area contributed by atoms with Crippen LogP contribution < -0.4 is 5.73 Å². The minimum Gasteiger partial charge on any atom is -0.367 e. The molecule has 3 rings (SSSR count). The van der Waals surface area contributed by atoms with Crippen LogP contribution in [0, 0.1) is 5.82 Å². The Labute approximate surface area is 124 Å². The molecule has 2 aromatic rings. The maximum atomic E-state index is 14.1. The topological polar surface area (TPSA) is 52.0 Å². The van der Waals surface area contributed by atoms with Crippen LogP contribution in [0.2, 0.25) is 0 Å². The van der Waals surface area contributed by atoms with Crippen molar-refractivity contribution in [2.45, 2.75) is 50.9 Å². The third-order valence-corrected chi connectivity index (χ3v) is 4.38. The van der Waals surface area contributed by atoms with E-state index in [1.54, 1.807) is 12.1 Å². The van der Waals surface area contributed by atoms with Gasteiger partial charge in [-0.3, -0.25) is 0 Å². The van der Waals surface area contributed by atoms with E-state index < -0.39 is 0 Å². The summed E-state index contributed by atoms with van der Waals surface area (Å²) < 4.78 is 19.3. The first-order valence-corrected chi connectivity index (χ1v) is 7.77. The van der Waals surface area contributed by atoms with E-state index in [2.05, 4.69) is 5.16 Å². The Kier molecular flexibility index (Phi) is 4.23. The molecule has 0 unspecified atom stereocenters. The van der Waals surface area contributed by atoms with E-state index in [0.717, 1.165) is 18.5 Å². The van der Waals surface area contributed by atoms with Crippen LogP contribution >= 0.6 is 0 Å². The van der Waals surface area contributed by atoms with Crippen molar-refractivity contribution in [2.75, 3.05) is 5.73 Å². The number of hydrogen-bond acceptors (Lipinski definition) is 3. The minimum atomic E-state index is -0.278. The summed E-state index contributed by atoms with van der Waals surface area (Å²) in [6, 6.07) is 6.68. The van der Waals surface area contributed by atoms with Gasteiger partial charge >= 0.3 is 0 Å². The zero-order chi connectivity index (χ0) is 14.7. The van der Waals surface area contributed by atoms with Crippen molar-refractivity contribution in [3.05, 3.63) is 35.8 Å². The number of hydrogen-bond donors (Lipinski definition) is 1. The van der Waals surface area contributed by atoms with Crippen molar-refractivity contribution in [3.63, 3.8) is 0 Å². The number of benzene rings is 1. The lowest BCUT2D eigenvalue weighted by molar-refractivity contribution is 0.395. The average Bonchev–Trinajstić information content (AvgIpc) is 2.81. The smallest absolute Gasteiger partial charge is 0.230 e. The molecule has 0 saturated heterocycles. The van der Waals surface area contributed by atoms with Crippen molar-refractivity contribution in [1.82, 2.24) is 5.16 Å². The lowest BCUT2D eigenvalue weighted by Gasteiger charge is -2.18. The molecular formula is C17H21FN2O. The van der Waals surface area contributed by atoms with E-state index in [1.807, 2.05) is 6.07 Å². The molecule has 0 bridgehead atoms. The van der Waals surface area contributed by atoms with Gasteiger partial charge in [0.25, 0.3) is 0 Å². The van der Waals surface area contributed by atoms with E-state index in [-0.39, 0.29) is 11.7 Å². The molecule has 0 spiro atoms. The normalized spacial score (nSPS) is 17.4. The van der Waals surface area contributed by atoms with Crippen LogP contribution in [0.3, 0.4) is 0 Å².